The van der Waals surface area contributed by atoms with Crippen LogP contribution in [0.3, 0.4) is 0 Å². The van der Waals surface area contributed by atoms with Crippen LogP contribution < -0.4 is 21.0 Å². The quantitative estimate of drug-likeness (QED) is 0.383. The zero-order valence-electron chi connectivity index (χ0n) is 21.4. The van der Waals surface area contributed by atoms with Crippen LogP contribution in [0.4, 0.5) is 0 Å². The highest BCUT2D eigenvalue weighted by Crippen LogP contribution is 2.43. The summed E-state index contributed by atoms with van der Waals surface area (Å²) in [6, 6.07) is 27.4. The van der Waals surface area contributed by atoms with Crippen molar-refractivity contribution in [1.29, 1.82) is 0 Å². The average Bonchev–Trinajstić information content (AvgIpc) is 3.53. The Balaban J connectivity index is 1.55. The summed E-state index contributed by atoms with van der Waals surface area (Å²) >= 11 is 0. The molecule has 0 saturated carbocycles. The molecule has 2 heterocycles. The van der Waals surface area contributed by atoms with Crippen molar-refractivity contribution >= 4 is 27.8 Å². The van der Waals surface area contributed by atoms with Gasteiger partial charge in [0.2, 0.25) is 0 Å². The molecule has 2 N–H and O–H groups in total. The molecule has 3 aromatic carbocycles. The predicted molar refractivity (Wildman–Crippen MR) is 158 cm³/mol. The third-order valence-electron chi connectivity index (χ3n) is 8.24. The molecule has 4 heteroatoms. The van der Waals surface area contributed by atoms with Gasteiger partial charge in [-0.1, -0.05) is 97.1 Å². The average molecular weight is 506 g/mol. The van der Waals surface area contributed by atoms with E-state index in [0.717, 1.165) is 52.0 Å². The van der Waals surface area contributed by atoms with Crippen LogP contribution in [0.2, 0.25) is 0 Å². The number of aromatic nitrogens is 1. The molecule has 4 aliphatic rings. The fourth-order valence-corrected chi connectivity index (χ4v) is 6.52. The summed E-state index contributed by atoms with van der Waals surface area (Å²) in [5.41, 5.74) is 15.2. The molecule has 4 nitrogen and oxygen atoms in total. The molecule has 188 valence electrons. The Labute approximate surface area is 226 Å². The molecule has 1 aliphatic heterocycles. The van der Waals surface area contributed by atoms with E-state index in [-0.39, 0.29) is 12.0 Å². The number of allylic oxidation sites excluding steroid dienone is 6. The number of benzene rings is 3. The maximum Gasteiger partial charge on any atom is 0.135 e. The Morgan fingerprint density at radius 2 is 1.72 bits per heavy atom. The number of hydrogen-bond donors (Lipinski definition) is 1. The minimum atomic E-state index is -0.0650. The van der Waals surface area contributed by atoms with Crippen LogP contribution in [0.25, 0.3) is 22.0 Å². The largest absolute Gasteiger partial charge is 0.484 e. The van der Waals surface area contributed by atoms with Gasteiger partial charge in [-0.2, -0.15) is 5.10 Å². The minimum absolute atomic E-state index is 0.0650. The van der Waals surface area contributed by atoms with Gasteiger partial charge in [0.1, 0.15) is 11.9 Å². The number of fused-ring (bicyclic) bond motifs is 8. The third-order valence-corrected chi connectivity index (χ3v) is 8.24. The number of hydrogen-bond acceptors (Lipinski definition) is 3. The van der Waals surface area contributed by atoms with E-state index in [1.165, 1.54) is 27.3 Å². The molecule has 0 radical (unpaired) electrons. The Kier molecular flexibility index (Phi) is 4.89. The number of para-hydroxylation sites is 2. The van der Waals surface area contributed by atoms with Crippen LogP contribution in [-0.4, -0.2) is 16.5 Å². The van der Waals surface area contributed by atoms with Crippen LogP contribution in [0.1, 0.15) is 24.0 Å². The molecule has 39 heavy (non-hydrogen) atoms. The Morgan fingerprint density at radius 3 is 2.62 bits per heavy atom. The van der Waals surface area contributed by atoms with Crippen molar-refractivity contribution in [2.45, 2.75) is 18.9 Å². The van der Waals surface area contributed by atoms with Crippen LogP contribution >= 0.6 is 0 Å². The molecule has 2 unspecified atom stereocenters. The van der Waals surface area contributed by atoms with Crippen molar-refractivity contribution in [1.82, 2.24) is 4.68 Å². The fraction of sp³-hybridized carbons (Fsp3) is 0.114. The van der Waals surface area contributed by atoms with E-state index in [0.29, 0.717) is 0 Å². The molecule has 4 aromatic rings. The van der Waals surface area contributed by atoms with Gasteiger partial charge in [0.25, 0.3) is 0 Å². The summed E-state index contributed by atoms with van der Waals surface area (Å²) in [5.74, 6) is 1.05. The van der Waals surface area contributed by atoms with Gasteiger partial charge >= 0.3 is 0 Å². The van der Waals surface area contributed by atoms with Gasteiger partial charge < -0.3 is 10.5 Å². The number of rotatable bonds is 3. The topological polar surface area (TPSA) is 52.5 Å². The van der Waals surface area contributed by atoms with E-state index in [4.69, 9.17) is 15.6 Å². The van der Waals surface area contributed by atoms with Gasteiger partial charge in [-0.15, -0.1) is 0 Å². The highest BCUT2D eigenvalue weighted by atomic mass is 16.5. The van der Waals surface area contributed by atoms with Crippen molar-refractivity contribution in [3.05, 3.63) is 148 Å². The molecular formula is C35H27N3O. The van der Waals surface area contributed by atoms with Gasteiger partial charge in [-0.25, -0.2) is 4.68 Å². The molecule has 1 aromatic heterocycles. The molecule has 2 atom stereocenters. The van der Waals surface area contributed by atoms with Crippen LogP contribution in [0.5, 0.6) is 5.75 Å². The van der Waals surface area contributed by atoms with E-state index in [1.54, 1.807) is 0 Å². The molecule has 0 bridgehead atoms. The second-order valence-corrected chi connectivity index (χ2v) is 10.4. The first-order chi connectivity index (χ1) is 19.3. The van der Waals surface area contributed by atoms with Crippen molar-refractivity contribution in [3.8, 4) is 5.75 Å². The van der Waals surface area contributed by atoms with Crippen molar-refractivity contribution in [2.75, 3.05) is 0 Å². The smallest absolute Gasteiger partial charge is 0.135 e. The van der Waals surface area contributed by atoms with E-state index in [9.17, 15) is 0 Å². The zero-order valence-corrected chi connectivity index (χ0v) is 21.4. The van der Waals surface area contributed by atoms with E-state index in [2.05, 4.69) is 108 Å². The lowest BCUT2D eigenvalue weighted by molar-refractivity contribution is 0.250. The second kappa shape index (κ2) is 8.60. The lowest BCUT2D eigenvalue weighted by atomic mass is 9.80. The Bertz CT molecular complexity index is 1950. The summed E-state index contributed by atoms with van der Waals surface area (Å²) in [6.45, 7) is 0. The monoisotopic (exact) mass is 505 g/mol. The first-order valence-corrected chi connectivity index (χ1v) is 13.6. The molecular weight excluding hydrogens is 478 g/mol. The lowest BCUT2D eigenvalue weighted by Gasteiger charge is -2.27. The molecule has 0 fully saturated rings. The molecule has 0 saturated heterocycles. The number of nitrogens with zero attached hydrogens (tertiary/aromatic N) is 2. The number of ether oxygens (including phenoxy) is 1. The molecule has 3 aliphatic carbocycles. The van der Waals surface area contributed by atoms with Gasteiger partial charge in [0.15, 0.2) is 0 Å². The summed E-state index contributed by atoms with van der Waals surface area (Å²) in [4.78, 5) is 0. The van der Waals surface area contributed by atoms with Crippen LogP contribution in [0, 0.1) is 5.92 Å². The standard InChI is InChI=1S/C35H27N3O/c36-28-19-9-6-16-25(28)33(22-12-2-1-3-13-22)37-38-29-20-10-7-17-26(29)31-32-27-18-8-11-21-30(27)39-35(32)24-15-5-4-14-23(24)34(31)38/h1-5,7-15,17-21,24,35H,6,16,36H2. The first-order valence-electron chi connectivity index (χ1n) is 13.6. The first kappa shape index (κ1) is 22.2. The van der Waals surface area contributed by atoms with E-state index < -0.39 is 0 Å². The zero-order chi connectivity index (χ0) is 25.9. The maximum atomic E-state index is 6.64. The van der Waals surface area contributed by atoms with Gasteiger partial charge in [-0.3, -0.25) is 0 Å². The van der Waals surface area contributed by atoms with Crippen molar-refractivity contribution < 1.29 is 4.74 Å². The SMILES string of the molecule is NC1=C(C(=Nn2c3c(c4ccccc42)=C2c4ccccc4OC2C2C=CC=CC=32)c2ccccc2)CCC=C1. The van der Waals surface area contributed by atoms with Crippen LogP contribution in [-0.2, 0) is 0 Å². The second-order valence-electron chi connectivity index (χ2n) is 10.4. The highest BCUT2D eigenvalue weighted by molar-refractivity contribution is 6.13. The van der Waals surface area contributed by atoms with E-state index >= 15 is 0 Å². The highest BCUT2D eigenvalue weighted by Gasteiger charge is 2.40. The summed E-state index contributed by atoms with van der Waals surface area (Å²) in [7, 11) is 0. The molecule has 8 rings (SSSR count). The van der Waals surface area contributed by atoms with Crippen molar-refractivity contribution in [2.24, 2.45) is 16.8 Å². The fourth-order valence-electron chi connectivity index (χ4n) is 6.52. The number of nitrogens with two attached hydrogens (primary N) is 1. The molecule has 0 spiro atoms. The summed E-state index contributed by atoms with van der Waals surface area (Å²) in [6.07, 6.45) is 14.7. The van der Waals surface area contributed by atoms with E-state index in [1.807, 2.05) is 12.1 Å². The predicted octanol–water partition coefficient (Wildman–Crippen LogP) is 5.32. The Hall–Kier alpha value is -4.83. The Morgan fingerprint density at radius 1 is 0.897 bits per heavy atom. The van der Waals surface area contributed by atoms with Crippen molar-refractivity contribution in [3.63, 3.8) is 0 Å². The third kappa shape index (κ3) is 3.28. The summed E-state index contributed by atoms with van der Waals surface area (Å²) in [5, 5.41) is 9.03. The van der Waals surface area contributed by atoms with Gasteiger partial charge in [-0.05, 0) is 36.6 Å². The van der Waals surface area contributed by atoms with Gasteiger partial charge in [0.05, 0.1) is 16.6 Å². The van der Waals surface area contributed by atoms with Gasteiger partial charge in [0, 0.05) is 44.5 Å². The lowest BCUT2D eigenvalue weighted by Crippen LogP contribution is -2.44. The molecule has 0 amide bonds. The minimum Gasteiger partial charge on any atom is -0.484 e. The maximum absolute atomic E-state index is 6.64. The normalized spacial score (nSPS) is 21.1. The summed E-state index contributed by atoms with van der Waals surface area (Å²) < 4.78 is 8.80. The van der Waals surface area contributed by atoms with Crippen LogP contribution in [0.15, 0.2) is 132 Å².